The van der Waals surface area contributed by atoms with Crippen molar-refractivity contribution in [3.8, 4) is 0 Å². The number of amides is 1. The number of nitrogens with one attached hydrogen (secondary N) is 1. The minimum Gasteiger partial charge on any atom is -0.378 e. The molecule has 2 aliphatic carbocycles. The van der Waals surface area contributed by atoms with Gasteiger partial charge in [0.1, 0.15) is 5.69 Å². The number of carbonyl (C=O) groups is 1. The Morgan fingerprint density at radius 2 is 2.37 bits per heavy atom. The third-order valence-electron chi connectivity index (χ3n) is 4.92. The maximum atomic E-state index is 12.2. The summed E-state index contributed by atoms with van der Waals surface area (Å²) in [4.78, 5) is 12.2. The number of ether oxygens (including phenoxy) is 1. The van der Waals surface area contributed by atoms with Crippen molar-refractivity contribution in [2.45, 2.75) is 44.8 Å². The van der Waals surface area contributed by atoms with Crippen LogP contribution in [0.1, 0.15) is 43.1 Å². The van der Waals surface area contributed by atoms with Crippen LogP contribution in [0.5, 0.6) is 0 Å². The van der Waals surface area contributed by atoms with Crippen molar-refractivity contribution >= 4 is 5.91 Å². The maximum absolute atomic E-state index is 12.2. The highest BCUT2D eigenvalue weighted by molar-refractivity contribution is 5.93. The van der Waals surface area contributed by atoms with E-state index in [-0.39, 0.29) is 11.3 Å². The van der Waals surface area contributed by atoms with Crippen molar-refractivity contribution in [3.05, 3.63) is 24.0 Å². The van der Waals surface area contributed by atoms with Crippen LogP contribution < -0.4 is 5.32 Å². The van der Waals surface area contributed by atoms with Crippen LogP contribution in [0.2, 0.25) is 0 Å². The molecule has 1 aromatic heterocycles. The number of nitrogens with zero attached hydrogens (tertiary/aromatic N) is 1. The Kier molecular flexibility index (Phi) is 3.13. The molecule has 19 heavy (non-hydrogen) atoms. The highest BCUT2D eigenvalue weighted by Crippen LogP contribution is 2.57. The van der Waals surface area contributed by atoms with Crippen molar-refractivity contribution in [2.75, 3.05) is 6.61 Å². The molecule has 0 radical (unpaired) electrons. The van der Waals surface area contributed by atoms with Crippen LogP contribution in [0.25, 0.3) is 0 Å². The second kappa shape index (κ2) is 4.67. The van der Waals surface area contributed by atoms with Gasteiger partial charge in [-0.2, -0.15) is 0 Å². The van der Waals surface area contributed by atoms with Gasteiger partial charge in [-0.1, -0.05) is 6.42 Å². The lowest BCUT2D eigenvalue weighted by Crippen LogP contribution is -2.67. The molecule has 1 amide bonds. The summed E-state index contributed by atoms with van der Waals surface area (Å²) in [6.07, 6.45) is 6.86. The van der Waals surface area contributed by atoms with Gasteiger partial charge in [-0.25, -0.2) is 0 Å². The van der Waals surface area contributed by atoms with Gasteiger partial charge in [-0.05, 0) is 38.3 Å². The topological polar surface area (TPSA) is 43.3 Å². The molecule has 3 rings (SSSR count). The molecule has 2 fully saturated rings. The Labute approximate surface area is 114 Å². The third kappa shape index (κ3) is 1.89. The average molecular weight is 262 g/mol. The van der Waals surface area contributed by atoms with Crippen molar-refractivity contribution in [1.29, 1.82) is 0 Å². The van der Waals surface area contributed by atoms with Gasteiger partial charge in [0, 0.05) is 31.3 Å². The molecule has 0 saturated heterocycles. The SMILES string of the molecule is CCO[C@H]1C[C@H](NC(=O)c2cccn2C)C12CCC2. The lowest BCUT2D eigenvalue weighted by atomic mass is 9.51. The van der Waals surface area contributed by atoms with Crippen molar-refractivity contribution in [2.24, 2.45) is 12.5 Å². The summed E-state index contributed by atoms with van der Waals surface area (Å²) >= 11 is 0. The average Bonchev–Trinajstić information content (AvgIpc) is 2.71. The molecule has 4 heteroatoms. The Hall–Kier alpha value is -1.29. The van der Waals surface area contributed by atoms with Crippen LogP contribution in [-0.2, 0) is 11.8 Å². The summed E-state index contributed by atoms with van der Waals surface area (Å²) in [6, 6.07) is 4.06. The van der Waals surface area contributed by atoms with Gasteiger partial charge in [-0.15, -0.1) is 0 Å². The maximum Gasteiger partial charge on any atom is 0.268 e. The Balaban J connectivity index is 1.65. The number of hydrogen-bond donors (Lipinski definition) is 1. The molecule has 2 aliphatic rings. The van der Waals surface area contributed by atoms with E-state index in [9.17, 15) is 4.79 Å². The molecular formula is C15H22N2O2. The van der Waals surface area contributed by atoms with Crippen LogP contribution >= 0.6 is 0 Å². The second-order valence-electron chi connectivity index (χ2n) is 5.80. The minimum atomic E-state index is 0.0405. The van der Waals surface area contributed by atoms with Gasteiger partial charge < -0.3 is 14.6 Å². The Bertz CT molecular complexity index is 476. The molecule has 1 heterocycles. The Morgan fingerprint density at radius 3 is 2.89 bits per heavy atom. The lowest BCUT2D eigenvalue weighted by molar-refractivity contribution is -0.169. The molecule has 0 aliphatic heterocycles. The fourth-order valence-corrected chi connectivity index (χ4v) is 3.57. The first-order valence-corrected chi connectivity index (χ1v) is 7.21. The zero-order chi connectivity index (χ0) is 13.5. The summed E-state index contributed by atoms with van der Waals surface area (Å²) < 4.78 is 7.67. The predicted octanol–water partition coefficient (Wildman–Crippen LogP) is 2.10. The van der Waals surface area contributed by atoms with Crippen molar-refractivity contribution in [3.63, 3.8) is 0 Å². The van der Waals surface area contributed by atoms with Gasteiger partial charge in [-0.3, -0.25) is 4.79 Å². The number of aromatic nitrogens is 1. The fraction of sp³-hybridized carbons (Fsp3) is 0.667. The van der Waals surface area contributed by atoms with E-state index in [2.05, 4.69) is 5.32 Å². The van der Waals surface area contributed by atoms with E-state index in [1.807, 2.05) is 36.9 Å². The monoisotopic (exact) mass is 262 g/mol. The first-order chi connectivity index (χ1) is 9.17. The first-order valence-electron chi connectivity index (χ1n) is 7.21. The fourth-order valence-electron chi connectivity index (χ4n) is 3.57. The summed E-state index contributed by atoms with van der Waals surface area (Å²) in [5, 5.41) is 3.20. The van der Waals surface area contributed by atoms with E-state index in [4.69, 9.17) is 4.74 Å². The molecule has 0 unspecified atom stereocenters. The molecule has 1 N–H and O–H groups in total. The van der Waals surface area contributed by atoms with Crippen LogP contribution in [0.3, 0.4) is 0 Å². The summed E-state index contributed by atoms with van der Waals surface area (Å²) in [7, 11) is 1.90. The lowest BCUT2D eigenvalue weighted by Gasteiger charge is -2.60. The summed E-state index contributed by atoms with van der Waals surface area (Å²) in [5.74, 6) is 0.0405. The van der Waals surface area contributed by atoms with E-state index in [1.165, 1.54) is 19.3 Å². The van der Waals surface area contributed by atoms with Gasteiger partial charge in [0.2, 0.25) is 0 Å². The molecule has 0 bridgehead atoms. The molecular weight excluding hydrogens is 240 g/mol. The Morgan fingerprint density at radius 1 is 1.58 bits per heavy atom. The number of rotatable bonds is 4. The van der Waals surface area contributed by atoms with Crippen LogP contribution in [0.4, 0.5) is 0 Å². The minimum absolute atomic E-state index is 0.0405. The standard InChI is InChI=1S/C15H22N2O2/c1-3-19-13-10-12(15(13)7-5-8-15)16-14(18)11-6-4-9-17(11)2/h4,6,9,12-13H,3,5,7-8,10H2,1-2H3,(H,16,18)/t12-,13-/m0/s1. The molecule has 4 nitrogen and oxygen atoms in total. The van der Waals surface area contributed by atoms with Crippen LogP contribution in [0, 0.1) is 5.41 Å². The van der Waals surface area contributed by atoms with Crippen LogP contribution in [-0.4, -0.2) is 29.2 Å². The van der Waals surface area contributed by atoms with Crippen LogP contribution in [0.15, 0.2) is 18.3 Å². The number of carbonyl (C=O) groups excluding carboxylic acids is 1. The molecule has 1 spiro atoms. The molecule has 2 atom stereocenters. The quantitative estimate of drug-likeness (QED) is 0.903. The smallest absolute Gasteiger partial charge is 0.268 e. The first kappa shape index (κ1) is 12.7. The van der Waals surface area contributed by atoms with Crippen molar-refractivity contribution < 1.29 is 9.53 Å². The molecule has 2 saturated carbocycles. The number of aryl methyl sites for hydroxylation is 1. The van der Waals surface area contributed by atoms with E-state index in [1.54, 1.807) is 0 Å². The van der Waals surface area contributed by atoms with Crippen molar-refractivity contribution in [1.82, 2.24) is 9.88 Å². The summed E-state index contributed by atoms with van der Waals surface area (Å²) in [6.45, 7) is 2.81. The highest BCUT2D eigenvalue weighted by atomic mass is 16.5. The molecule has 1 aromatic rings. The van der Waals surface area contributed by atoms with E-state index >= 15 is 0 Å². The predicted molar refractivity (Wildman–Crippen MR) is 73.0 cm³/mol. The zero-order valence-corrected chi connectivity index (χ0v) is 11.7. The van der Waals surface area contributed by atoms with E-state index in [0.717, 1.165) is 18.7 Å². The van der Waals surface area contributed by atoms with Gasteiger partial charge in [0.05, 0.1) is 6.10 Å². The normalized spacial score (nSPS) is 27.7. The second-order valence-corrected chi connectivity index (χ2v) is 5.80. The van der Waals surface area contributed by atoms with Gasteiger partial charge in [0.15, 0.2) is 0 Å². The van der Waals surface area contributed by atoms with E-state index in [0.29, 0.717) is 12.1 Å². The van der Waals surface area contributed by atoms with E-state index < -0.39 is 0 Å². The van der Waals surface area contributed by atoms with Gasteiger partial charge in [0.25, 0.3) is 5.91 Å². The highest BCUT2D eigenvalue weighted by Gasteiger charge is 2.59. The van der Waals surface area contributed by atoms with Gasteiger partial charge >= 0.3 is 0 Å². The third-order valence-corrected chi connectivity index (χ3v) is 4.92. The summed E-state index contributed by atoms with van der Waals surface area (Å²) in [5.41, 5.74) is 0.964. The largest absolute Gasteiger partial charge is 0.378 e. The molecule has 0 aromatic carbocycles. The number of hydrogen-bond acceptors (Lipinski definition) is 2. The zero-order valence-electron chi connectivity index (χ0n) is 11.7. The molecule has 104 valence electrons.